The van der Waals surface area contributed by atoms with Gasteiger partial charge in [-0.1, -0.05) is 30.3 Å². The maximum atomic E-state index is 5.59. The quantitative estimate of drug-likeness (QED) is 0.790. The second-order valence-corrected chi connectivity index (χ2v) is 5.17. The number of nitrogens with two attached hydrogens (primary N) is 1. The predicted molar refractivity (Wildman–Crippen MR) is 82.9 cm³/mol. The molecule has 102 valence electrons. The molecule has 0 atom stereocenters. The zero-order valence-corrected chi connectivity index (χ0v) is 11.9. The standard InChI is InChI=1S/C17H19N3/c1-12-4-3-11-20-13(2)16(19-17(12)20)15-7-5-14(6-8-15)9-10-18/h3-8,11H,9-10,18H2,1-2H3. The Bertz CT molecular complexity index is 739. The molecule has 0 spiro atoms. The Kier molecular flexibility index (Phi) is 3.28. The van der Waals surface area contributed by atoms with Crippen LogP contribution in [0, 0.1) is 13.8 Å². The molecule has 3 rings (SSSR count). The van der Waals surface area contributed by atoms with Crippen molar-refractivity contribution in [2.45, 2.75) is 20.3 Å². The number of imidazole rings is 1. The van der Waals surface area contributed by atoms with Gasteiger partial charge in [-0.15, -0.1) is 0 Å². The summed E-state index contributed by atoms with van der Waals surface area (Å²) in [5.41, 5.74) is 12.5. The van der Waals surface area contributed by atoms with Crippen LogP contribution < -0.4 is 5.73 Å². The number of nitrogens with zero attached hydrogens (tertiary/aromatic N) is 2. The SMILES string of the molecule is Cc1cccn2c(C)c(-c3ccc(CCN)cc3)nc12. The van der Waals surface area contributed by atoms with Crippen molar-refractivity contribution < 1.29 is 0 Å². The lowest BCUT2D eigenvalue weighted by Crippen LogP contribution is -2.02. The topological polar surface area (TPSA) is 43.3 Å². The Morgan fingerprint density at radius 1 is 1.10 bits per heavy atom. The van der Waals surface area contributed by atoms with Crippen LogP contribution in [0.3, 0.4) is 0 Å². The normalized spacial score (nSPS) is 11.2. The van der Waals surface area contributed by atoms with Crippen molar-refractivity contribution in [1.29, 1.82) is 0 Å². The summed E-state index contributed by atoms with van der Waals surface area (Å²) < 4.78 is 2.15. The van der Waals surface area contributed by atoms with Crippen molar-refractivity contribution in [2.75, 3.05) is 6.54 Å². The molecule has 2 N–H and O–H groups in total. The fourth-order valence-electron chi connectivity index (χ4n) is 2.59. The zero-order valence-electron chi connectivity index (χ0n) is 11.9. The first-order valence-corrected chi connectivity index (χ1v) is 6.94. The summed E-state index contributed by atoms with van der Waals surface area (Å²) in [6.07, 6.45) is 2.99. The van der Waals surface area contributed by atoms with Gasteiger partial charge >= 0.3 is 0 Å². The summed E-state index contributed by atoms with van der Waals surface area (Å²) in [5.74, 6) is 0. The monoisotopic (exact) mass is 265 g/mol. The van der Waals surface area contributed by atoms with Crippen LogP contribution in [0.1, 0.15) is 16.8 Å². The second-order valence-electron chi connectivity index (χ2n) is 5.17. The number of hydrogen-bond acceptors (Lipinski definition) is 2. The van der Waals surface area contributed by atoms with Gasteiger partial charge < -0.3 is 10.1 Å². The first-order valence-electron chi connectivity index (χ1n) is 6.94. The van der Waals surface area contributed by atoms with Crippen LogP contribution >= 0.6 is 0 Å². The highest BCUT2D eigenvalue weighted by Crippen LogP contribution is 2.25. The zero-order chi connectivity index (χ0) is 14.1. The van der Waals surface area contributed by atoms with Gasteiger partial charge in [-0.3, -0.25) is 0 Å². The summed E-state index contributed by atoms with van der Waals surface area (Å²) in [5, 5.41) is 0. The molecule has 3 heteroatoms. The number of pyridine rings is 1. The van der Waals surface area contributed by atoms with E-state index in [1.165, 1.54) is 16.8 Å². The van der Waals surface area contributed by atoms with Crippen molar-refractivity contribution in [3.8, 4) is 11.3 Å². The highest BCUT2D eigenvalue weighted by molar-refractivity contribution is 5.67. The molecule has 3 aromatic rings. The van der Waals surface area contributed by atoms with Crippen LogP contribution in [0.2, 0.25) is 0 Å². The summed E-state index contributed by atoms with van der Waals surface area (Å²) >= 11 is 0. The van der Waals surface area contributed by atoms with Crippen molar-refractivity contribution in [2.24, 2.45) is 5.73 Å². The molecule has 0 unspecified atom stereocenters. The van der Waals surface area contributed by atoms with Crippen LogP contribution in [0.5, 0.6) is 0 Å². The number of benzene rings is 1. The summed E-state index contributed by atoms with van der Waals surface area (Å²) in [6, 6.07) is 12.7. The average molecular weight is 265 g/mol. The van der Waals surface area contributed by atoms with Gasteiger partial charge in [-0.2, -0.15) is 0 Å². The molecule has 1 aromatic carbocycles. The lowest BCUT2D eigenvalue weighted by Gasteiger charge is -2.02. The number of rotatable bonds is 3. The fourth-order valence-corrected chi connectivity index (χ4v) is 2.59. The molecule has 0 bridgehead atoms. The lowest BCUT2D eigenvalue weighted by atomic mass is 10.1. The van der Waals surface area contributed by atoms with E-state index in [9.17, 15) is 0 Å². The highest BCUT2D eigenvalue weighted by Gasteiger charge is 2.11. The molecule has 0 saturated carbocycles. The number of hydrogen-bond donors (Lipinski definition) is 1. The molecule has 0 aliphatic heterocycles. The Labute approximate surface area is 119 Å². The van der Waals surface area contributed by atoms with Gasteiger partial charge in [0, 0.05) is 17.5 Å². The van der Waals surface area contributed by atoms with Gasteiger partial charge in [0.2, 0.25) is 0 Å². The highest BCUT2D eigenvalue weighted by atomic mass is 15.0. The third-order valence-corrected chi connectivity index (χ3v) is 3.74. The summed E-state index contributed by atoms with van der Waals surface area (Å²) in [7, 11) is 0. The molecule has 0 fully saturated rings. The van der Waals surface area contributed by atoms with Gasteiger partial charge in [0.1, 0.15) is 5.65 Å². The van der Waals surface area contributed by atoms with E-state index in [1.807, 2.05) is 0 Å². The molecule has 3 nitrogen and oxygen atoms in total. The van der Waals surface area contributed by atoms with Gasteiger partial charge in [-0.05, 0) is 44.0 Å². The molecule has 0 aliphatic rings. The van der Waals surface area contributed by atoms with E-state index in [-0.39, 0.29) is 0 Å². The largest absolute Gasteiger partial charge is 0.330 e. The van der Waals surface area contributed by atoms with E-state index < -0.39 is 0 Å². The number of aromatic nitrogens is 2. The average Bonchev–Trinajstić information content (AvgIpc) is 2.79. The van der Waals surface area contributed by atoms with Crippen LogP contribution in [-0.2, 0) is 6.42 Å². The molecule has 20 heavy (non-hydrogen) atoms. The minimum Gasteiger partial charge on any atom is -0.330 e. The minimum absolute atomic E-state index is 0.686. The van der Waals surface area contributed by atoms with Crippen LogP contribution in [0.15, 0.2) is 42.6 Å². The Balaban J connectivity index is 2.10. The molecule has 0 radical (unpaired) electrons. The maximum Gasteiger partial charge on any atom is 0.140 e. The van der Waals surface area contributed by atoms with Crippen molar-refractivity contribution in [1.82, 2.24) is 9.38 Å². The van der Waals surface area contributed by atoms with Gasteiger partial charge in [0.15, 0.2) is 0 Å². The van der Waals surface area contributed by atoms with Gasteiger partial charge in [0.25, 0.3) is 0 Å². The molecular weight excluding hydrogens is 246 g/mol. The molecule has 2 heterocycles. The lowest BCUT2D eigenvalue weighted by molar-refractivity contribution is 0.969. The Morgan fingerprint density at radius 2 is 1.85 bits per heavy atom. The van der Waals surface area contributed by atoms with Crippen LogP contribution in [0.25, 0.3) is 16.9 Å². The third-order valence-electron chi connectivity index (χ3n) is 3.74. The van der Waals surface area contributed by atoms with Crippen molar-refractivity contribution >= 4 is 5.65 Å². The summed E-state index contributed by atoms with van der Waals surface area (Å²) in [4.78, 5) is 4.80. The van der Waals surface area contributed by atoms with Crippen LogP contribution in [0.4, 0.5) is 0 Å². The van der Waals surface area contributed by atoms with E-state index in [0.717, 1.165) is 23.3 Å². The first kappa shape index (κ1) is 12.9. The number of fused-ring (bicyclic) bond motifs is 1. The summed E-state index contributed by atoms with van der Waals surface area (Å²) in [6.45, 7) is 4.89. The molecule has 0 amide bonds. The van der Waals surface area contributed by atoms with E-state index >= 15 is 0 Å². The smallest absolute Gasteiger partial charge is 0.140 e. The van der Waals surface area contributed by atoms with E-state index in [4.69, 9.17) is 10.7 Å². The minimum atomic E-state index is 0.686. The van der Waals surface area contributed by atoms with E-state index in [1.54, 1.807) is 0 Å². The van der Waals surface area contributed by atoms with Gasteiger partial charge in [0.05, 0.1) is 5.69 Å². The maximum absolute atomic E-state index is 5.59. The second kappa shape index (κ2) is 5.10. The molecule has 0 saturated heterocycles. The molecule has 2 aromatic heterocycles. The first-order chi connectivity index (χ1) is 9.70. The fraction of sp³-hybridized carbons (Fsp3) is 0.235. The van der Waals surface area contributed by atoms with Crippen LogP contribution in [-0.4, -0.2) is 15.9 Å². The van der Waals surface area contributed by atoms with Crippen molar-refractivity contribution in [3.05, 3.63) is 59.4 Å². The van der Waals surface area contributed by atoms with E-state index in [0.29, 0.717) is 6.54 Å². The van der Waals surface area contributed by atoms with Crippen molar-refractivity contribution in [3.63, 3.8) is 0 Å². The van der Waals surface area contributed by atoms with Gasteiger partial charge in [-0.25, -0.2) is 4.98 Å². The van der Waals surface area contributed by atoms with E-state index in [2.05, 4.69) is 60.8 Å². The Morgan fingerprint density at radius 3 is 2.50 bits per heavy atom. The molecular formula is C17H19N3. The third kappa shape index (κ3) is 2.10. The molecule has 0 aliphatic carbocycles. The Hall–Kier alpha value is -2.13. The number of aryl methyl sites for hydroxylation is 2. The predicted octanol–water partition coefficient (Wildman–Crippen LogP) is 3.12.